The van der Waals surface area contributed by atoms with Crippen LogP contribution in [0.3, 0.4) is 0 Å². The van der Waals surface area contributed by atoms with E-state index >= 15 is 0 Å². The predicted octanol–water partition coefficient (Wildman–Crippen LogP) is 2.68. The first-order valence-electron chi connectivity index (χ1n) is 5.32. The molecule has 0 fully saturated rings. The molecule has 17 heavy (non-hydrogen) atoms. The molecule has 0 aliphatic carbocycles. The summed E-state index contributed by atoms with van der Waals surface area (Å²) >= 11 is 5.64. The molecule has 3 nitrogen and oxygen atoms in total. The second-order valence-electron chi connectivity index (χ2n) is 4.19. The van der Waals surface area contributed by atoms with Crippen LogP contribution in [0.4, 0.5) is 4.39 Å². The van der Waals surface area contributed by atoms with Gasteiger partial charge in [0.1, 0.15) is 11.9 Å². The van der Waals surface area contributed by atoms with E-state index in [0.717, 1.165) is 5.56 Å². The molecule has 2 N–H and O–H groups in total. The minimum absolute atomic E-state index is 0.0246. The highest BCUT2D eigenvalue weighted by Gasteiger charge is 2.20. The Morgan fingerprint density at radius 2 is 2.18 bits per heavy atom. The second kappa shape index (κ2) is 5.98. The van der Waals surface area contributed by atoms with Crippen molar-refractivity contribution in [1.29, 1.82) is 0 Å². The van der Waals surface area contributed by atoms with Crippen molar-refractivity contribution in [2.45, 2.75) is 26.4 Å². The van der Waals surface area contributed by atoms with Gasteiger partial charge in [0.05, 0.1) is 5.02 Å². The van der Waals surface area contributed by atoms with Crippen molar-refractivity contribution in [2.24, 2.45) is 5.92 Å². The highest BCUT2D eigenvalue weighted by atomic mass is 35.5. The number of hydrogen-bond donors (Lipinski definition) is 2. The van der Waals surface area contributed by atoms with E-state index < -0.39 is 17.8 Å². The topological polar surface area (TPSA) is 49.3 Å². The highest BCUT2D eigenvalue weighted by molar-refractivity contribution is 6.30. The molecule has 1 aromatic carbocycles. The molecule has 0 saturated carbocycles. The summed E-state index contributed by atoms with van der Waals surface area (Å²) in [5.41, 5.74) is 0.753. The molecule has 0 aliphatic rings. The maximum Gasteiger partial charge on any atom is 0.320 e. The van der Waals surface area contributed by atoms with Crippen molar-refractivity contribution >= 4 is 17.6 Å². The summed E-state index contributed by atoms with van der Waals surface area (Å²) in [5.74, 6) is -1.40. The Labute approximate surface area is 105 Å². The predicted molar refractivity (Wildman–Crippen MR) is 64.5 cm³/mol. The van der Waals surface area contributed by atoms with Gasteiger partial charge in [-0.05, 0) is 23.6 Å². The van der Waals surface area contributed by atoms with Gasteiger partial charge in [-0.1, -0.05) is 31.5 Å². The average molecular weight is 260 g/mol. The first-order chi connectivity index (χ1) is 7.91. The summed E-state index contributed by atoms with van der Waals surface area (Å²) in [6.45, 7) is 3.99. The minimum atomic E-state index is -0.895. The maximum atomic E-state index is 12.9. The highest BCUT2D eigenvalue weighted by Crippen LogP contribution is 2.16. The van der Waals surface area contributed by atoms with Crippen LogP contribution in [0.25, 0.3) is 0 Å². The third-order valence-electron chi connectivity index (χ3n) is 2.44. The number of carboxylic acids is 1. The second-order valence-corrected chi connectivity index (χ2v) is 4.60. The van der Waals surface area contributed by atoms with Gasteiger partial charge in [0.2, 0.25) is 0 Å². The first kappa shape index (κ1) is 13.9. The Morgan fingerprint density at radius 1 is 1.53 bits per heavy atom. The van der Waals surface area contributed by atoms with Gasteiger partial charge in [-0.25, -0.2) is 4.39 Å². The smallest absolute Gasteiger partial charge is 0.320 e. The molecule has 94 valence electrons. The van der Waals surface area contributed by atoms with Gasteiger partial charge in [-0.15, -0.1) is 0 Å². The Bertz CT molecular complexity index is 409. The maximum absolute atomic E-state index is 12.9. The normalized spacial score (nSPS) is 12.8. The molecule has 0 amide bonds. The number of carboxylic acid groups (broad SMARTS) is 1. The largest absolute Gasteiger partial charge is 0.480 e. The van der Waals surface area contributed by atoms with Gasteiger partial charge in [-0.2, -0.15) is 0 Å². The van der Waals surface area contributed by atoms with Gasteiger partial charge >= 0.3 is 5.97 Å². The lowest BCUT2D eigenvalue weighted by Crippen LogP contribution is -2.40. The molecule has 0 unspecified atom stereocenters. The number of aliphatic carboxylic acids is 1. The number of carbonyl (C=O) groups is 1. The van der Waals surface area contributed by atoms with Crippen molar-refractivity contribution in [2.75, 3.05) is 0 Å². The van der Waals surface area contributed by atoms with E-state index in [1.165, 1.54) is 12.1 Å². The van der Waals surface area contributed by atoms with E-state index in [0.29, 0.717) is 6.54 Å². The van der Waals surface area contributed by atoms with Crippen LogP contribution in [0.1, 0.15) is 19.4 Å². The van der Waals surface area contributed by atoms with E-state index in [2.05, 4.69) is 5.32 Å². The van der Waals surface area contributed by atoms with Crippen molar-refractivity contribution in [1.82, 2.24) is 5.32 Å². The lowest BCUT2D eigenvalue weighted by atomic mass is 10.0. The van der Waals surface area contributed by atoms with Gasteiger partial charge in [0.25, 0.3) is 0 Å². The van der Waals surface area contributed by atoms with E-state index in [4.69, 9.17) is 16.7 Å². The molecule has 5 heteroatoms. The fraction of sp³-hybridized carbons (Fsp3) is 0.417. The molecule has 1 rings (SSSR count). The standard InChI is InChI=1S/C12H15ClFNO2/c1-7(2)11(12(16)17)15-6-8-3-4-10(14)9(13)5-8/h3-5,7,11,15H,6H2,1-2H3,(H,16,17)/t11-/m1/s1. The van der Waals surface area contributed by atoms with Crippen molar-refractivity contribution in [3.63, 3.8) is 0 Å². The van der Waals surface area contributed by atoms with Crippen LogP contribution in [0.15, 0.2) is 18.2 Å². The summed E-state index contributed by atoms with van der Waals surface area (Å²) in [7, 11) is 0. The SMILES string of the molecule is CC(C)[C@@H](NCc1ccc(F)c(Cl)c1)C(=O)O. The number of nitrogens with one attached hydrogen (secondary N) is 1. The molecule has 1 atom stereocenters. The quantitative estimate of drug-likeness (QED) is 0.855. The van der Waals surface area contributed by atoms with E-state index in [9.17, 15) is 9.18 Å². The first-order valence-corrected chi connectivity index (χ1v) is 5.69. The Hall–Kier alpha value is -1.13. The van der Waals surface area contributed by atoms with Crippen molar-refractivity contribution in [3.05, 3.63) is 34.6 Å². The fourth-order valence-corrected chi connectivity index (χ4v) is 1.69. The van der Waals surface area contributed by atoms with Crippen molar-refractivity contribution < 1.29 is 14.3 Å². The molecule has 0 bridgehead atoms. The van der Waals surface area contributed by atoms with Crippen LogP contribution in [-0.2, 0) is 11.3 Å². The van der Waals surface area contributed by atoms with Crippen LogP contribution >= 0.6 is 11.6 Å². The van der Waals surface area contributed by atoms with Crippen LogP contribution in [0, 0.1) is 11.7 Å². The van der Waals surface area contributed by atoms with Crippen molar-refractivity contribution in [3.8, 4) is 0 Å². The third-order valence-corrected chi connectivity index (χ3v) is 2.73. The lowest BCUT2D eigenvalue weighted by molar-refractivity contribution is -0.140. The summed E-state index contributed by atoms with van der Waals surface area (Å²) in [6, 6.07) is 3.71. The molecule has 1 aromatic rings. The number of halogens is 2. The molecule has 0 radical (unpaired) electrons. The van der Waals surface area contributed by atoms with Gasteiger partial charge in [0, 0.05) is 6.54 Å². The molecule has 0 spiro atoms. The molecular formula is C12H15ClFNO2. The molecule has 0 heterocycles. The van der Waals surface area contributed by atoms with Gasteiger partial charge < -0.3 is 10.4 Å². The van der Waals surface area contributed by atoms with Gasteiger partial charge in [0.15, 0.2) is 0 Å². The van der Waals surface area contributed by atoms with E-state index in [-0.39, 0.29) is 10.9 Å². The minimum Gasteiger partial charge on any atom is -0.480 e. The molecule has 0 aromatic heterocycles. The summed E-state index contributed by atoms with van der Waals surface area (Å²) in [5, 5.41) is 11.9. The molecule has 0 aliphatic heterocycles. The van der Waals surface area contributed by atoms with E-state index in [1.54, 1.807) is 6.07 Å². The Balaban J connectivity index is 2.65. The summed E-state index contributed by atoms with van der Waals surface area (Å²) in [4.78, 5) is 10.9. The lowest BCUT2D eigenvalue weighted by Gasteiger charge is -2.17. The summed E-state index contributed by atoms with van der Waals surface area (Å²) in [6.07, 6.45) is 0. The molecule has 0 saturated heterocycles. The van der Waals surface area contributed by atoms with Crippen LogP contribution in [0.2, 0.25) is 5.02 Å². The van der Waals surface area contributed by atoms with Crippen LogP contribution in [0.5, 0.6) is 0 Å². The average Bonchev–Trinajstić information content (AvgIpc) is 2.22. The Kier molecular flexibility index (Phi) is 4.90. The number of benzene rings is 1. The zero-order valence-electron chi connectivity index (χ0n) is 9.71. The van der Waals surface area contributed by atoms with E-state index in [1.807, 2.05) is 13.8 Å². The monoisotopic (exact) mass is 259 g/mol. The third kappa shape index (κ3) is 3.98. The summed E-state index contributed by atoms with van der Waals surface area (Å²) < 4.78 is 12.9. The van der Waals surface area contributed by atoms with Crippen LogP contribution < -0.4 is 5.32 Å². The zero-order valence-corrected chi connectivity index (χ0v) is 10.5. The fourth-order valence-electron chi connectivity index (χ4n) is 1.49. The van der Waals surface area contributed by atoms with Crippen LogP contribution in [-0.4, -0.2) is 17.1 Å². The molecular weight excluding hydrogens is 245 g/mol. The number of hydrogen-bond acceptors (Lipinski definition) is 2. The zero-order chi connectivity index (χ0) is 13.0. The van der Waals surface area contributed by atoms with Gasteiger partial charge in [-0.3, -0.25) is 4.79 Å². The number of rotatable bonds is 5. The Morgan fingerprint density at radius 3 is 2.65 bits per heavy atom.